The Balaban J connectivity index is 1.52. The number of nitrogens with zero attached hydrogens (tertiary/aromatic N) is 3. The largest absolute Gasteiger partial charge is 0.491 e. The Morgan fingerprint density at radius 3 is 2.50 bits per heavy atom. The molecule has 0 spiro atoms. The van der Waals surface area contributed by atoms with Gasteiger partial charge in [-0.3, -0.25) is 4.90 Å². The minimum Gasteiger partial charge on any atom is -0.491 e. The predicted molar refractivity (Wildman–Crippen MR) is 132 cm³/mol. The molecule has 0 amide bonds. The lowest BCUT2D eigenvalue weighted by atomic mass is 10.0. The molecular formula is C27H27ClFN3O2. The van der Waals surface area contributed by atoms with Crippen molar-refractivity contribution in [3.63, 3.8) is 0 Å². The maximum absolute atomic E-state index is 13.6. The van der Waals surface area contributed by atoms with Crippen LogP contribution in [0.4, 0.5) is 10.1 Å². The van der Waals surface area contributed by atoms with E-state index in [9.17, 15) is 4.39 Å². The summed E-state index contributed by atoms with van der Waals surface area (Å²) in [6.45, 7) is 3.46. The molecular weight excluding hydrogens is 453 g/mol. The number of hydrogen-bond acceptors (Lipinski definition) is 5. The second-order valence-electron chi connectivity index (χ2n) is 8.31. The summed E-state index contributed by atoms with van der Waals surface area (Å²) >= 11 is 6.64. The zero-order chi connectivity index (χ0) is 23.9. The van der Waals surface area contributed by atoms with Gasteiger partial charge < -0.3 is 14.7 Å². The highest BCUT2D eigenvalue weighted by atomic mass is 35.5. The third-order valence-corrected chi connectivity index (χ3v) is 6.41. The standard InChI is InChI=1S/C27H27ClFN3O2/c28-25-17-24(34-16-15-33)9-10-26(25)32-14-13-31(12-11-20-1-3-21(18-30)4-2-20)19-27(32)22-5-7-23(29)8-6-22/h1-10,17,27,33H,11-16,19H2. The van der Waals surface area contributed by atoms with Gasteiger partial charge in [0, 0.05) is 32.2 Å². The van der Waals surface area contributed by atoms with Gasteiger partial charge in [0.2, 0.25) is 0 Å². The number of rotatable bonds is 8. The number of nitriles is 1. The molecule has 1 unspecified atom stereocenters. The third kappa shape index (κ3) is 5.87. The zero-order valence-electron chi connectivity index (χ0n) is 18.8. The second kappa shape index (κ2) is 11.3. The smallest absolute Gasteiger partial charge is 0.123 e. The van der Waals surface area contributed by atoms with E-state index in [4.69, 9.17) is 26.7 Å². The molecule has 5 nitrogen and oxygen atoms in total. The highest BCUT2D eigenvalue weighted by Crippen LogP contribution is 2.37. The SMILES string of the molecule is N#Cc1ccc(CCN2CCN(c3ccc(OCCO)cc3Cl)C(c3ccc(F)cc3)C2)cc1. The van der Waals surface area contributed by atoms with Gasteiger partial charge in [0.15, 0.2) is 0 Å². The molecule has 4 rings (SSSR count). The van der Waals surface area contributed by atoms with Crippen LogP contribution < -0.4 is 9.64 Å². The Hall–Kier alpha value is -3.11. The maximum Gasteiger partial charge on any atom is 0.123 e. The topological polar surface area (TPSA) is 59.7 Å². The Kier molecular flexibility index (Phi) is 8.02. The van der Waals surface area contributed by atoms with Gasteiger partial charge in [-0.15, -0.1) is 0 Å². The van der Waals surface area contributed by atoms with Gasteiger partial charge in [-0.25, -0.2) is 4.39 Å². The van der Waals surface area contributed by atoms with Gasteiger partial charge in [-0.05, 0) is 53.9 Å². The normalized spacial score (nSPS) is 16.3. The Bertz CT molecular complexity index is 1130. The lowest BCUT2D eigenvalue weighted by molar-refractivity contribution is 0.201. The first-order chi connectivity index (χ1) is 16.6. The van der Waals surface area contributed by atoms with Crippen molar-refractivity contribution in [3.05, 3.63) is 94.3 Å². The van der Waals surface area contributed by atoms with Crippen LogP contribution in [0.5, 0.6) is 5.75 Å². The van der Waals surface area contributed by atoms with Crippen LogP contribution in [0.25, 0.3) is 0 Å². The summed E-state index contributed by atoms with van der Waals surface area (Å²) < 4.78 is 19.1. The second-order valence-corrected chi connectivity index (χ2v) is 8.71. The van der Waals surface area contributed by atoms with Crippen molar-refractivity contribution in [2.45, 2.75) is 12.5 Å². The van der Waals surface area contributed by atoms with Crippen molar-refractivity contribution in [2.75, 3.05) is 44.3 Å². The van der Waals surface area contributed by atoms with Gasteiger partial charge in [0.25, 0.3) is 0 Å². The molecule has 7 heteroatoms. The Morgan fingerprint density at radius 1 is 1.06 bits per heavy atom. The third-order valence-electron chi connectivity index (χ3n) is 6.11. The van der Waals surface area contributed by atoms with Crippen LogP contribution in [-0.4, -0.2) is 49.4 Å². The lowest BCUT2D eigenvalue weighted by Gasteiger charge is -2.43. The monoisotopic (exact) mass is 479 g/mol. The van der Waals surface area contributed by atoms with Crippen molar-refractivity contribution >= 4 is 17.3 Å². The summed E-state index contributed by atoms with van der Waals surface area (Å²) in [5.41, 5.74) is 3.79. The summed E-state index contributed by atoms with van der Waals surface area (Å²) in [6, 6.07) is 22.1. The van der Waals surface area contributed by atoms with Gasteiger partial charge >= 0.3 is 0 Å². The van der Waals surface area contributed by atoms with E-state index in [0.717, 1.165) is 43.9 Å². The van der Waals surface area contributed by atoms with Crippen molar-refractivity contribution in [2.24, 2.45) is 0 Å². The van der Waals surface area contributed by atoms with Gasteiger partial charge in [-0.2, -0.15) is 5.26 Å². The average Bonchev–Trinajstić information content (AvgIpc) is 2.87. The molecule has 0 bridgehead atoms. The molecule has 1 atom stereocenters. The van der Waals surface area contributed by atoms with Crippen LogP contribution in [0.15, 0.2) is 66.7 Å². The molecule has 0 radical (unpaired) electrons. The minimum absolute atomic E-state index is 0.0111. The van der Waals surface area contributed by atoms with Crippen LogP contribution >= 0.6 is 11.6 Å². The van der Waals surface area contributed by atoms with Crippen LogP contribution in [0.3, 0.4) is 0 Å². The van der Waals surface area contributed by atoms with Crippen LogP contribution in [0.1, 0.15) is 22.7 Å². The molecule has 3 aromatic rings. The molecule has 0 aliphatic carbocycles. The van der Waals surface area contributed by atoms with E-state index in [1.165, 1.54) is 17.7 Å². The molecule has 3 aromatic carbocycles. The van der Waals surface area contributed by atoms with E-state index < -0.39 is 0 Å². The first-order valence-corrected chi connectivity index (χ1v) is 11.7. The van der Waals surface area contributed by atoms with Crippen molar-refractivity contribution in [1.82, 2.24) is 4.90 Å². The Morgan fingerprint density at radius 2 is 1.82 bits per heavy atom. The van der Waals surface area contributed by atoms with Crippen LogP contribution in [0, 0.1) is 17.1 Å². The van der Waals surface area contributed by atoms with Crippen molar-refractivity contribution < 1.29 is 14.2 Å². The first kappa shape index (κ1) is 24.0. The fraction of sp³-hybridized carbons (Fsp3) is 0.296. The number of aliphatic hydroxyl groups is 1. The number of ether oxygens (including phenoxy) is 1. The molecule has 34 heavy (non-hydrogen) atoms. The lowest BCUT2D eigenvalue weighted by Crippen LogP contribution is -2.49. The van der Waals surface area contributed by atoms with E-state index in [0.29, 0.717) is 16.3 Å². The molecule has 176 valence electrons. The van der Waals surface area contributed by atoms with Crippen molar-refractivity contribution in [3.8, 4) is 11.8 Å². The number of hydrogen-bond donors (Lipinski definition) is 1. The number of aliphatic hydroxyl groups excluding tert-OH is 1. The van der Waals surface area contributed by atoms with E-state index in [1.54, 1.807) is 6.07 Å². The molecule has 0 saturated carbocycles. The highest BCUT2D eigenvalue weighted by Gasteiger charge is 2.29. The highest BCUT2D eigenvalue weighted by molar-refractivity contribution is 6.33. The van der Waals surface area contributed by atoms with Crippen LogP contribution in [0.2, 0.25) is 5.02 Å². The number of benzene rings is 3. The van der Waals surface area contributed by atoms with E-state index in [2.05, 4.69) is 15.9 Å². The average molecular weight is 480 g/mol. The number of piperazine rings is 1. The summed E-state index contributed by atoms with van der Waals surface area (Å²) in [7, 11) is 0. The van der Waals surface area contributed by atoms with Crippen molar-refractivity contribution in [1.29, 1.82) is 5.26 Å². The number of halogens is 2. The maximum atomic E-state index is 13.6. The first-order valence-electron chi connectivity index (χ1n) is 11.3. The van der Waals surface area contributed by atoms with Gasteiger partial charge in [0.05, 0.1) is 35.0 Å². The molecule has 1 heterocycles. The summed E-state index contributed by atoms with van der Waals surface area (Å²) in [4.78, 5) is 4.68. The summed E-state index contributed by atoms with van der Waals surface area (Å²) in [5.74, 6) is 0.356. The Labute approximate surface area is 204 Å². The molecule has 1 aliphatic heterocycles. The predicted octanol–water partition coefficient (Wildman–Crippen LogP) is 4.83. The molecule has 0 aromatic heterocycles. The van der Waals surface area contributed by atoms with Gasteiger partial charge in [-0.1, -0.05) is 35.9 Å². The minimum atomic E-state index is -0.257. The van der Waals surface area contributed by atoms with E-state index in [-0.39, 0.29) is 25.1 Å². The summed E-state index contributed by atoms with van der Waals surface area (Å²) in [6.07, 6.45) is 0.888. The fourth-order valence-corrected chi connectivity index (χ4v) is 4.59. The van der Waals surface area contributed by atoms with E-state index >= 15 is 0 Å². The molecule has 1 aliphatic rings. The quantitative estimate of drug-likeness (QED) is 0.501. The molecule has 1 fully saturated rings. The summed E-state index contributed by atoms with van der Waals surface area (Å²) in [5, 5.41) is 18.6. The van der Waals surface area contributed by atoms with Crippen LogP contribution in [-0.2, 0) is 6.42 Å². The van der Waals surface area contributed by atoms with E-state index in [1.807, 2.05) is 48.5 Å². The molecule has 1 saturated heterocycles. The zero-order valence-corrected chi connectivity index (χ0v) is 19.6. The number of anilines is 1. The van der Waals surface area contributed by atoms with Gasteiger partial charge in [0.1, 0.15) is 18.2 Å². The molecule has 1 N–H and O–H groups in total. The fourth-order valence-electron chi connectivity index (χ4n) is 4.31.